The van der Waals surface area contributed by atoms with Gasteiger partial charge in [0.05, 0.1) is 17.7 Å². The molecule has 2 N–H and O–H groups in total. The van der Waals surface area contributed by atoms with Gasteiger partial charge in [0, 0.05) is 24.7 Å². The van der Waals surface area contributed by atoms with Crippen LogP contribution in [0.5, 0.6) is 0 Å². The normalized spacial score (nSPS) is 24.6. The smallest absolute Gasteiger partial charge is 0.244 e. The first-order chi connectivity index (χ1) is 10.8. The zero-order valence-corrected chi connectivity index (χ0v) is 13.5. The zero-order chi connectivity index (χ0) is 16.6. The molecule has 0 bridgehead atoms. The lowest BCUT2D eigenvalue weighted by Gasteiger charge is -2.29. The molecule has 2 atom stereocenters. The average molecular weight is 317 g/mol. The molecule has 1 aromatic heterocycles. The Bertz CT molecular complexity index is 677. The molecule has 0 aliphatic carbocycles. The summed E-state index contributed by atoms with van der Waals surface area (Å²) in [6.45, 7) is 4.80. The van der Waals surface area contributed by atoms with Crippen LogP contribution < -0.4 is 0 Å². The molecule has 0 spiro atoms. The van der Waals surface area contributed by atoms with E-state index in [1.54, 1.807) is 9.58 Å². The van der Waals surface area contributed by atoms with E-state index in [1.807, 2.05) is 44.3 Å². The van der Waals surface area contributed by atoms with Gasteiger partial charge in [-0.15, -0.1) is 0 Å². The highest BCUT2D eigenvalue weighted by molar-refractivity contribution is 5.80. The Balaban J connectivity index is 1.76. The average Bonchev–Trinajstić information content (AvgIpc) is 2.82. The lowest BCUT2D eigenvalue weighted by Crippen LogP contribution is -2.42. The predicted octanol–water partition coefficient (Wildman–Crippen LogP) is 1.02. The second-order valence-electron chi connectivity index (χ2n) is 7.16. The van der Waals surface area contributed by atoms with Crippen molar-refractivity contribution in [1.82, 2.24) is 14.7 Å². The van der Waals surface area contributed by atoms with Gasteiger partial charge in [-0.25, -0.2) is 0 Å². The van der Waals surface area contributed by atoms with Crippen molar-refractivity contribution in [3.8, 4) is 0 Å². The fourth-order valence-electron chi connectivity index (χ4n) is 3.22. The summed E-state index contributed by atoms with van der Waals surface area (Å²) in [5, 5.41) is 25.4. The Hall–Kier alpha value is -1.92. The van der Waals surface area contributed by atoms with Crippen LogP contribution in [-0.2, 0) is 11.3 Å². The first-order valence-corrected chi connectivity index (χ1v) is 7.90. The fraction of sp³-hybridized carbons (Fsp3) is 0.529. The number of amides is 1. The number of benzene rings is 1. The van der Waals surface area contributed by atoms with Crippen LogP contribution in [0.3, 0.4) is 0 Å². The molecule has 6 heteroatoms. The SMILES string of the molecule is CC1(C)C[C@@H](O)[C@@H](O)CN(C(=O)Cn2cc3ccccc3n2)C1. The van der Waals surface area contributed by atoms with E-state index >= 15 is 0 Å². The molecular formula is C17H23N3O3. The predicted molar refractivity (Wildman–Crippen MR) is 86.7 cm³/mol. The molecule has 1 amide bonds. The number of carbonyl (C=O) groups excluding carboxylic acids is 1. The highest BCUT2D eigenvalue weighted by Gasteiger charge is 2.35. The van der Waals surface area contributed by atoms with Gasteiger partial charge >= 0.3 is 0 Å². The molecule has 1 fully saturated rings. The molecule has 0 saturated carbocycles. The summed E-state index contributed by atoms with van der Waals surface area (Å²) in [6.07, 6.45) is 0.623. The van der Waals surface area contributed by atoms with E-state index in [-0.39, 0.29) is 24.4 Å². The van der Waals surface area contributed by atoms with E-state index in [1.165, 1.54) is 0 Å². The molecule has 0 radical (unpaired) electrons. The van der Waals surface area contributed by atoms with Crippen molar-refractivity contribution >= 4 is 16.8 Å². The second-order valence-corrected chi connectivity index (χ2v) is 7.16. The van der Waals surface area contributed by atoms with Gasteiger partial charge in [0.1, 0.15) is 6.54 Å². The van der Waals surface area contributed by atoms with Crippen LogP contribution in [0.4, 0.5) is 0 Å². The summed E-state index contributed by atoms with van der Waals surface area (Å²) < 4.78 is 1.63. The topological polar surface area (TPSA) is 78.6 Å². The van der Waals surface area contributed by atoms with E-state index in [0.717, 1.165) is 10.9 Å². The van der Waals surface area contributed by atoms with Gasteiger partial charge < -0.3 is 15.1 Å². The Morgan fingerprint density at radius 1 is 1.30 bits per heavy atom. The molecule has 1 aromatic carbocycles. The van der Waals surface area contributed by atoms with E-state index in [2.05, 4.69) is 5.10 Å². The largest absolute Gasteiger partial charge is 0.390 e. The Labute approximate surface area is 135 Å². The molecular weight excluding hydrogens is 294 g/mol. The molecule has 1 aliphatic rings. The number of carbonyl (C=O) groups is 1. The molecule has 1 aliphatic heterocycles. The highest BCUT2D eigenvalue weighted by atomic mass is 16.3. The van der Waals surface area contributed by atoms with Crippen molar-refractivity contribution in [2.75, 3.05) is 13.1 Å². The summed E-state index contributed by atoms with van der Waals surface area (Å²) in [7, 11) is 0. The number of aliphatic hydroxyl groups excluding tert-OH is 2. The fourth-order valence-corrected chi connectivity index (χ4v) is 3.22. The van der Waals surface area contributed by atoms with E-state index < -0.39 is 12.2 Å². The molecule has 6 nitrogen and oxygen atoms in total. The maximum Gasteiger partial charge on any atom is 0.244 e. The first kappa shape index (κ1) is 16.0. The number of hydrogen-bond acceptors (Lipinski definition) is 4. The number of nitrogens with zero attached hydrogens (tertiary/aromatic N) is 3. The van der Waals surface area contributed by atoms with Crippen molar-refractivity contribution in [1.29, 1.82) is 0 Å². The van der Waals surface area contributed by atoms with Gasteiger partial charge in [0.25, 0.3) is 0 Å². The van der Waals surface area contributed by atoms with Crippen molar-refractivity contribution in [2.45, 2.75) is 39.0 Å². The van der Waals surface area contributed by atoms with Crippen LogP contribution in [0, 0.1) is 5.41 Å². The zero-order valence-electron chi connectivity index (χ0n) is 13.5. The minimum absolute atomic E-state index is 0.0981. The summed E-state index contributed by atoms with van der Waals surface area (Å²) in [5.74, 6) is -0.0981. The second kappa shape index (κ2) is 5.94. The van der Waals surface area contributed by atoms with Crippen LogP contribution in [0.2, 0.25) is 0 Å². The summed E-state index contributed by atoms with van der Waals surface area (Å²) in [4.78, 5) is 14.2. The highest BCUT2D eigenvalue weighted by Crippen LogP contribution is 2.28. The lowest BCUT2D eigenvalue weighted by molar-refractivity contribution is -0.134. The number of likely N-dealkylation sites (tertiary alicyclic amines) is 1. The van der Waals surface area contributed by atoms with Crippen molar-refractivity contribution in [3.05, 3.63) is 30.5 Å². The Morgan fingerprint density at radius 2 is 2.04 bits per heavy atom. The third kappa shape index (κ3) is 3.54. The maximum atomic E-state index is 12.6. The van der Waals surface area contributed by atoms with Crippen molar-refractivity contribution < 1.29 is 15.0 Å². The van der Waals surface area contributed by atoms with Gasteiger partial charge in [-0.3, -0.25) is 9.48 Å². The molecule has 2 aromatic rings. The summed E-state index contributed by atoms with van der Waals surface area (Å²) in [5.41, 5.74) is 0.619. The molecule has 0 unspecified atom stereocenters. The number of aliphatic hydroxyl groups is 2. The summed E-state index contributed by atoms with van der Waals surface area (Å²) in [6, 6.07) is 7.71. The standard InChI is InChI=1S/C17H23N3O3/c1-17(2)7-14(21)15(22)9-19(11-17)16(23)10-20-8-12-5-3-4-6-13(12)18-20/h3-6,8,14-15,21-22H,7,9-11H2,1-2H3/t14-,15+/m1/s1. The van der Waals surface area contributed by atoms with E-state index in [9.17, 15) is 15.0 Å². The van der Waals surface area contributed by atoms with E-state index in [4.69, 9.17) is 0 Å². The number of rotatable bonds is 2. The monoisotopic (exact) mass is 317 g/mol. The summed E-state index contributed by atoms with van der Waals surface area (Å²) >= 11 is 0. The lowest BCUT2D eigenvalue weighted by atomic mass is 9.86. The molecule has 2 heterocycles. The number of fused-ring (bicyclic) bond motifs is 1. The van der Waals surface area contributed by atoms with Gasteiger partial charge in [-0.05, 0) is 17.9 Å². The van der Waals surface area contributed by atoms with Crippen LogP contribution >= 0.6 is 0 Å². The Kier molecular flexibility index (Phi) is 4.12. The molecule has 3 rings (SSSR count). The van der Waals surface area contributed by atoms with Crippen LogP contribution in [0.15, 0.2) is 30.5 Å². The third-order valence-electron chi connectivity index (χ3n) is 4.34. The van der Waals surface area contributed by atoms with Crippen LogP contribution in [0.1, 0.15) is 20.3 Å². The van der Waals surface area contributed by atoms with Gasteiger partial charge in [-0.2, -0.15) is 5.10 Å². The Morgan fingerprint density at radius 3 is 2.78 bits per heavy atom. The van der Waals surface area contributed by atoms with Gasteiger partial charge in [0.2, 0.25) is 5.91 Å². The first-order valence-electron chi connectivity index (χ1n) is 7.90. The van der Waals surface area contributed by atoms with Crippen molar-refractivity contribution in [3.63, 3.8) is 0 Å². The van der Waals surface area contributed by atoms with Gasteiger partial charge in [-0.1, -0.05) is 32.0 Å². The number of aromatic nitrogens is 2. The molecule has 124 valence electrons. The minimum Gasteiger partial charge on any atom is -0.390 e. The van der Waals surface area contributed by atoms with E-state index in [0.29, 0.717) is 13.0 Å². The van der Waals surface area contributed by atoms with Crippen LogP contribution in [-0.4, -0.2) is 56.1 Å². The molecule has 1 saturated heterocycles. The maximum absolute atomic E-state index is 12.6. The van der Waals surface area contributed by atoms with Gasteiger partial charge in [0.15, 0.2) is 0 Å². The number of β-amino-alcohol motifs (C(OH)–C–C–N with tert-alkyl or cyclic N) is 1. The molecule has 23 heavy (non-hydrogen) atoms. The quantitative estimate of drug-likeness (QED) is 0.867. The number of hydrogen-bond donors (Lipinski definition) is 2. The minimum atomic E-state index is -0.905. The van der Waals surface area contributed by atoms with Crippen molar-refractivity contribution in [2.24, 2.45) is 5.41 Å². The third-order valence-corrected chi connectivity index (χ3v) is 4.34. The van der Waals surface area contributed by atoms with Crippen LogP contribution in [0.25, 0.3) is 10.9 Å².